The molecule has 0 radical (unpaired) electrons. The molecule has 0 saturated heterocycles. The minimum absolute atomic E-state index is 0.133. The molecule has 4 nitrogen and oxygen atoms in total. The molecule has 5 heteroatoms. The molecule has 1 heterocycles. The summed E-state index contributed by atoms with van der Waals surface area (Å²) in [5, 5.41) is 9.82. The largest absolute Gasteiger partial charge is 0.496 e. The van der Waals surface area contributed by atoms with E-state index in [1.807, 2.05) is 18.2 Å². The van der Waals surface area contributed by atoms with Crippen molar-refractivity contribution in [2.45, 2.75) is 6.42 Å². The number of aromatic carboxylic acids is 1. The number of aliphatic imine (C=N–C) groups is 1. The van der Waals surface area contributed by atoms with Gasteiger partial charge in [-0.1, -0.05) is 23.7 Å². The molecular weight excluding hydrogens is 302 g/mol. The maximum atomic E-state index is 11.2. The van der Waals surface area contributed by atoms with E-state index in [9.17, 15) is 4.79 Å². The van der Waals surface area contributed by atoms with Crippen LogP contribution in [-0.2, 0) is 6.42 Å². The van der Waals surface area contributed by atoms with Crippen LogP contribution >= 0.6 is 11.6 Å². The van der Waals surface area contributed by atoms with Crippen molar-refractivity contribution in [2.75, 3.05) is 13.7 Å². The molecule has 2 aromatic rings. The van der Waals surface area contributed by atoms with Crippen molar-refractivity contribution in [3.8, 4) is 5.75 Å². The first-order valence-corrected chi connectivity index (χ1v) is 7.23. The van der Waals surface area contributed by atoms with Crippen molar-refractivity contribution >= 4 is 23.3 Å². The maximum absolute atomic E-state index is 11.2. The fourth-order valence-corrected chi connectivity index (χ4v) is 2.79. The zero-order valence-corrected chi connectivity index (χ0v) is 12.7. The number of ether oxygens (including phenoxy) is 1. The Morgan fingerprint density at radius 1 is 1.27 bits per heavy atom. The zero-order chi connectivity index (χ0) is 15.7. The Balaban J connectivity index is 2.11. The lowest BCUT2D eigenvalue weighted by Gasteiger charge is -2.18. The SMILES string of the molecule is COc1cc(C2=NCCc3ccc(Cl)cc32)ccc1C(=O)O. The van der Waals surface area contributed by atoms with Gasteiger partial charge in [0.1, 0.15) is 11.3 Å². The van der Waals surface area contributed by atoms with E-state index in [1.165, 1.54) is 18.7 Å². The summed E-state index contributed by atoms with van der Waals surface area (Å²) in [6.07, 6.45) is 0.875. The van der Waals surface area contributed by atoms with Crippen molar-refractivity contribution in [1.29, 1.82) is 0 Å². The highest BCUT2D eigenvalue weighted by Gasteiger charge is 2.19. The lowest BCUT2D eigenvalue weighted by atomic mass is 9.93. The van der Waals surface area contributed by atoms with Gasteiger partial charge < -0.3 is 9.84 Å². The summed E-state index contributed by atoms with van der Waals surface area (Å²) in [4.78, 5) is 15.8. The van der Waals surface area contributed by atoms with Gasteiger partial charge in [-0.2, -0.15) is 0 Å². The van der Waals surface area contributed by atoms with Gasteiger partial charge in [0.25, 0.3) is 0 Å². The number of hydrogen-bond donors (Lipinski definition) is 1. The van der Waals surface area contributed by atoms with E-state index in [-0.39, 0.29) is 5.56 Å². The highest BCUT2D eigenvalue weighted by atomic mass is 35.5. The number of benzene rings is 2. The summed E-state index contributed by atoms with van der Waals surface area (Å²) < 4.78 is 5.19. The first kappa shape index (κ1) is 14.6. The molecule has 0 aliphatic carbocycles. The highest BCUT2D eigenvalue weighted by molar-refractivity contribution is 6.31. The van der Waals surface area contributed by atoms with Gasteiger partial charge in [-0.25, -0.2) is 4.79 Å². The number of carboxylic acids is 1. The molecular formula is C17H14ClNO3. The Labute approximate surface area is 133 Å². The van der Waals surface area contributed by atoms with Gasteiger partial charge in [0.05, 0.1) is 12.8 Å². The van der Waals surface area contributed by atoms with E-state index in [1.54, 1.807) is 12.1 Å². The summed E-state index contributed by atoms with van der Waals surface area (Å²) >= 11 is 6.10. The summed E-state index contributed by atoms with van der Waals surface area (Å²) in [6, 6.07) is 10.8. The number of halogens is 1. The molecule has 1 aliphatic rings. The van der Waals surface area contributed by atoms with Gasteiger partial charge in [0, 0.05) is 22.7 Å². The van der Waals surface area contributed by atoms with E-state index in [0.29, 0.717) is 17.3 Å². The predicted octanol–water partition coefficient (Wildman–Crippen LogP) is 3.44. The molecule has 0 saturated carbocycles. The van der Waals surface area contributed by atoms with Crippen molar-refractivity contribution in [1.82, 2.24) is 0 Å². The molecule has 22 heavy (non-hydrogen) atoms. The molecule has 0 spiro atoms. The molecule has 1 aliphatic heterocycles. The molecule has 0 unspecified atom stereocenters. The molecule has 0 aromatic heterocycles. The average Bonchev–Trinajstić information content (AvgIpc) is 2.53. The van der Waals surface area contributed by atoms with Crippen molar-refractivity contribution in [3.63, 3.8) is 0 Å². The van der Waals surface area contributed by atoms with Crippen LogP contribution in [0.3, 0.4) is 0 Å². The minimum atomic E-state index is -1.02. The molecule has 0 bridgehead atoms. The number of hydrogen-bond acceptors (Lipinski definition) is 3. The second-order valence-electron chi connectivity index (χ2n) is 5.00. The number of carbonyl (C=O) groups is 1. The van der Waals surface area contributed by atoms with E-state index >= 15 is 0 Å². The van der Waals surface area contributed by atoms with Crippen molar-refractivity contribution in [2.24, 2.45) is 4.99 Å². The fraction of sp³-hybridized carbons (Fsp3) is 0.176. The summed E-state index contributed by atoms with van der Waals surface area (Å²) in [6.45, 7) is 0.701. The quantitative estimate of drug-likeness (QED) is 0.944. The summed E-state index contributed by atoms with van der Waals surface area (Å²) in [5.41, 5.74) is 3.96. The fourth-order valence-electron chi connectivity index (χ4n) is 2.62. The smallest absolute Gasteiger partial charge is 0.339 e. The summed E-state index contributed by atoms with van der Waals surface area (Å²) in [7, 11) is 1.46. The van der Waals surface area contributed by atoms with E-state index in [2.05, 4.69) is 4.99 Å². The lowest BCUT2D eigenvalue weighted by Crippen LogP contribution is -2.14. The topological polar surface area (TPSA) is 58.9 Å². The van der Waals surface area contributed by atoms with Crippen LogP contribution in [0.5, 0.6) is 5.75 Å². The molecule has 0 amide bonds. The van der Waals surface area contributed by atoms with Gasteiger partial charge in [-0.3, -0.25) is 4.99 Å². The van der Waals surface area contributed by atoms with Crippen LogP contribution in [0.1, 0.15) is 27.0 Å². The maximum Gasteiger partial charge on any atom is 0.339 e. The van der Waals surface area contributed by atoms with Crippen LogP contribution < -0.4 is 4.74 Å². The normalized spacial score (nSPS) is 13.3. The van der Waals surface area contributed by atoms with Gasteiger partial charge in [-0.05, 0) is 36.2 Å². The van der Waals surface area contributed by atoms with Crippen LogP contribution in [0, 0.1) is 0 Å². The molecule has 1 N–H and O–H groups in total. The third-order valence-corrected chi connectivity index (χ3v) is 3.92. The second-order valence-corrected chi connectivity index (χ2v) is 5.44. The van der Waals surface area contributed by atoms with Crippen LogP contribution in [-0.4, -0.2) is 30.4 Å². The minimum Gasteiger partial charge on any atom is -0.496 e. The van der Waals surface area contributed by atoms with Crippen LogP contribution in [0.25, 0.3) is 0 Å². The van der Waals surface area contributed by atoms with E-state index < -0.39 is 5.97 Å². The molecule has 0 fully saturated rings. The van der Waals surface area contributed by atoms with Crippen molar-refractivity contribution in [3.05, 3.63) is 63.7 Å². The van der Waals surface area contributed by atoms with Crippen molar-refractivity contribution < 1.29 is 14.6 Å². The number of carboxylic acid groups (broad SMARTS) is 1. The van der Waals surface area contributed by atoms with Gasteiger partial charge in [-0.15, -0.1) is 0 Å². The molecule has 3 rings (SSSR count). The zero-order valence-electron chi connectivity index (χ0n) is 12.0. The first-order chi connectivity index (χ1) is 10.6. The molecule has 2 aromatic carbocycles. The van der Waals surface area contributed by atoms with Gasteiger partial charge in [0.15, 0.2) is 0 Å². The molecule has 0 atom stereocenters. The molecule has 112 valence electrons. The Bertz CT molecular complexity index is 783. The Morgan fingerprint density at radius 2 is 2.09 bits per heavy atom. The monoisotopic (exact) mass is 315 g/mol. The Morgan fingerprint density at radius 3 is 2.82 bits per heavy atom. The van der Waals surface area contributed by atoms with Gasteiger partial charge >= 0.3 is 5.97 Å². The van der Waals surface area contributed by atoms with Crippen LogP contribution in [0.15, 0.2) is 41.4 Å². The van der Waals surface area contributed by atoms with Gasteiger partial charge in [0.2, 0.25) is 0 Å². The van der Waals surface area contributed by atoms with E-state index in [0.717, 1.165) is 23.3 Å². The van der Waals surface area contributed by atoms with Crippen LogP contribution in [0.2, 0.25) is 5.02 Å². The second kappa shape index (κ2) is 5.81. The number of rotatable bonds is 3. The Hall–Kier alpha value is -2.33. The van der Waals surface area contributed by atoms with Crippen LogP contribution in [0.4, 0.5) is 0 Å². The number of fused-ring (bicyclic) bond motifs is 1. The number of methoxy groups -OCH3 is 1. The lowest BCUT2D eigenvalue weighted by molar-refractivity contribution is 0.0693. The third kappa shape index (κ3) is 2.57. The summed E-state index contributed by atoms with van der Waals surface area (Å²) in [5.74, 6) is -0.695. The highest BCUT2D eigenvalue weighted by Crippen LogP contribution is 2.27. The average molecular weight is 316 g/mol. The van der Waals surface area contributed by atoms with E-state index in [4.69, 9.17) is 21.4 Å². The third-order valence-electron chi connectivity index (χ3n) is 3.68. The first-order valence-electron chi connectivity index (χ1n) is 6.85. The number of nitrogens with zero attached hydrogens (tertiary/aromatic N) is 1. The Kier molecular flexibility index (Phi) is 3.86. The predicted molar refractivity (Wildman–Crippen MR) is 85.6 cm³/mol. The standard InChI is InChI=1S/C17H14ClNO3/c1-22-15-8-11(3-5-13(15)17(20)21)16-14-9-12(18)4-2-10(14)6-7-19-16/h2-5,8-9H,6-7H2,1H3,(H,20,21).